The van der Waals surface area contributed by atoms with E-state index in [9.17, 15) is 0 Å². The van der Waals surface area contributed by atoms with E-state index in [1.165, 1.54) is 24.4 Å². The molecule has 2 N–H and O–H groups in total. The Morgan fingerprint density at radius 2 is 2.06 bits per heavy atom. The van der Waals surface area contributed by atoms with E-state index in [4.69, 9.17) is 0 Å². The summed E-state index contributed by atoms with van der Waals surface area (Å²) >= 11 is 1.45. The summed E-state index contributed by atoms with van der Waals surface area (Å²) in [5.74, 6) is 0.926. The first-order valence-corrected chi connectivity index (χ1v) is 6.64. The SMILES string of the molecule is CC(C)(C)c1nsc(NCCNC2CC2)n1. The predicted octanol–water partition coefficient (Wildman–Crippen LogP) is 2.00. The molecule has 1 saturated carbocycles. The lowest BCUT2D eigenvalue weighted by Crippen LogP contribution is -2.23. The molecular formula is C11H20N4S. The molecule has 0 aromatic carbocycles. The normalized spacial score (nSPS) is 16.4. The van der Waals surface area contributed by atoms with Gasteiger partial charge in [-0.2, -0.15) is 4.37 Å². The van der Waals surface area contributed by atoms with E-state index in [0.29, 0.717) is 0 Å². The first-order valence-electron chi connectivity index (χ1n) is 5.87. The number of nitrogens with one attached hydrogen (secondary N) is 2. The van der Waals surface area contributed by atoms with Gasteiger partial charge in [0.25, 0.3) is 0 Å². The topological polar surface area (TPSA) is 49.8 Å². The fraction of sp³-hybridized carbons (Fsp3) is 0.818. The van der Waals surface area contributed by atoms with Crippen LogP contribution in [-0.4, -0.2) is 28.5 Å². The third-order valence-electron chi connectivity index (χ3n) is 2.51. The summed E-state index contributed by atoms with van der Waals surface area (Å²) in [5, 5.41) is 7.69. The first kappa shape index (κ1) is 11.8. The van der Waals surface area contributed by atoms with Crippen molar-refractivity contribution < 1.29 is 0 Å². The van der Waals surface area contributed by atoms with E-state index in [1.807, 2.05) is 0 Å². The van der Waals surface area contributed by atoms with Gasteiger partial charge in [0.15, 0.2) is 0 Å². The van der Waals surface area contributed by atoms with E-state index in [2.05, 4.69) is 40.8 Å². The van der Waals surface area contributed by atoms with Crippen molar-refractivity contribution in [3.63, 3.8) is 0 Å². The van der Waals surface area contributed by atoms with Gasteiger partial charge in [-0.1, -0.05) is 20.8 Å². The van der Waals surface area contributed by atoms with Crippen LogP contribution in [-0.2, 0) is 5.41 Å². The standard InChI is InChI=1S/C11H20N4S/c1-11(2,3)9-14-10(16-15-9)13-7-6-12-8-4-5-8/h8,12H,4-7H2,1-3H3,(H,13,14,15). The van der Waals surface area contributed by atoms with Gasteiger partial charge in [0.05, 0.1) is 0 Å². The van der Waals surface area contributed by atoms with Gasteiger partial charge in [0, 0.05) is 36.1 Å². The molecule has 1 aromatic rings. The molecule has 5 heteroatoms. The Hall–Kier alpha value is -0.680. The molecule has 4 nitrogen and oxygen atoms in total. The minimum absolute atomic E-state index is 0.0443. The van der Waals surface area contributed by atoms with Crippen LogP contribution in [0.5, 0.6) is 0 Å². The van der Waals surface area contributed by atoms with Gasteiger partial charge in [0.1, 0.15) is 5.82 Å². The molecule has 1 aliphatic rings. The van der Waals surface area contributed by atoms with Gasteiger partial charge in [-0.25, -0.2) is 4.98 Å². The molecule has 0 radical (unpaired) electrons. The molecule has 0 unspecified atom stereocenters. The van der Waals surface area contributed by atoms with E-state index in [-0.39, 0.29) is 5.41 Å². The molecule has 90 valence electrons. The number of hydrogen-bond donors (Lipinski definition) is 2. The molecular weight excluding hydrogens is 220 g/mol. The molecule has 16 heavy (non-hydrogen) atoms. The van der Waals surface area contributed by atoms with Crippen LogP contribution in [0.25, 0.3) is 0 Å². The van der Waals surface area contributed by atoms with Crippen LogP contribution in [0.3, 0.4) is 0 Å². The van der Waals surface area contributed by atoms with Crippen molar-refractivity contribution in [2.75, 3.05) is 18.4 Å². The van der Waals surface area contributed by atoms with Crippen molar-refractivity contribution in [3.05, 3.63) is 5.82 Å². The number of hydrogen-bond acceptors (Lipinski definition) is 5. The Bertz CT molecular complexity index is 338. The summed E-state index contributed by atoms with van der Waals surface area (Å²) < 4.78 is 4.36. The largest absolute Gasteiger partial charge is 0.359 e. The highest BCUT2D eigenvalue weighted by atomic mass is 32.1. The first-order chi connectivity index (χ1) is 7.55. The summed E-state index contributed by atoms with van der Waals surface area (Å²) in [5.41, 5.74) is 0.0443. The molecule has 1 fully saturated rings. The van der Waals surface area contributed by atoms with Crippen molar-refractivity contribution in [2.45, 2.75) is 45.1 Å². The van der Waals surface area contributed by atoms with Crippen molar-refractivity contribution in [1.29, 1.82) is 0 Å². The number of anilines is 1. The monoisotopic (exact) mass is 240 g/mol. The highest BCUT2D eigenvalue weighted by Gasteiger charge is 2.20. The third kappa shape index (κ3) is 3.42. The van der Waals surface area contributed by atoms with Gasteiger partial charge in [0.2, 0.25) is 5.13 Å². The highest BCUT2D eigenvalue weighted by molar-refractivity contribution is 7.09. The number of rotatable bonds is 5. The number of nitrogens with zero attached hydrogens (tertiary/aromatic N) is 2. The molecule has 2 rings (SSSR count). The Labute approximate surface area is 101 Å². The molecule has 0 bridgehead atoms. The fourth-order valence-corrected chi connectivity index (χ4v) is 2.11. The van der Waals surface area contributed by atoms with E-state index >= 15 is 0 Å². The lowest BCUT2D eigenvalue weighted by atomic mass is 9.96. The molecule has 1 aromatic heterocycles. The summed E-state index contributed by atoms with van der Waals surface area (Å²) in [6.45, 7) is 8.33. The van der Waals surface area contributed by atoms with Crippen LogP contribution < -0.4 is 10.6 Å². The third-order valence-corrected chi connectivity index (χ3v) is 3.18. The van der Waals surface area contributed by atoms with Gasteiger partial charge in [-0.05, 0) is 12.8 Å². The summed E-state index contributed by atoms with van der Waals surface area (Å²) in [4.78, 5) is 4.48. The number of aromatic nitrogens is 2. The molecule has 0 spiro atoms. The molecule has 0 saturated heterocycles. The Balaban J connectivity index is 1.73. The van der Waals surface area contributed by atoms with E-state index in [1.54, 1.807) is 0 Å². The zero-order valence-electron chi connectivity index (χ0n) is 10.2. The Morgan fingerprint density at radius 1 is 1.31 bits per heavy atom. The zero-order valence-corrected chi connectivity index (χ0v) is 11.0. The van der Waals surface area contributed by atoms with Gasteiger partial charge in [-0.15, -0.1) is 0 Å². The van der Waals surface area contributed by atoms with Crippen molar-refractivity contribution in [1.82, 2.24) is 14.7 Å². The maximum atomic E-state index is 4.48. The van der Waals surface area contributed by atoms with Crippen molar-refractivity contribution in [2.24, 2.45) is 0 Å². The van der Waals surface area contributed by atoms with E-state index in [0.717, 1.165) is 30.1 Å². The lowest BCUT2D eigenvalue weighted by molar-refractivity contribution is 0.555. The summed E-state index contributed by atoms with van der Waals surface area (Å²) in [6.07, 6.45) is 2.68. The molecule has 1 heterocycles. The smallest absolute Gasteiger partial charge is 0.202 e. The molecule has 0 atom stereocenters. The Kier molecular flexibility index (Phi) is 3.44. The van der Waals surface area contributed by atoms with Gasteiger partial charge in [-0.3, -0.25) is 0 Å². The van der Waals surface area contributed by atoms with Crippen LogP contribution >= 0.6 is 11.5 Å². The maximum Gasteiger partial charge on any atom is 0.202 e. The van der Waals surface area contributed by atoms with Crippen molar-refractivity contribution >= 4 is 16.7 Å². The van der Waals surface area contributed by atoms with Gasteiger partial charge >= 0.3 is 0 Å². The van der Waals surface area contributed by atoms with Crippen molar-refractivity contribution in [3.8, 4) is 0 Å². The second-order valence-electron chi connectivity index (χ2n) is 5.33. The minimum Gasteiger partial charge on any atom is -0.359 e. The predicted molar refractivity (Wildman–Crippen MR) is 68.1 cm³/mol. The van der Waals surface area contributed by atoms with Gasteiger partial charge < -0.3 is 10.6 Å². The second-order valence-corrected chi connectivity index (χ2v) is 6.08. The van der Waals surface area contributed by atoms with Crippen LogP contribution in [0.2, 0.25) is 0 Å². The van der Waals surface area contributed by atoms with Crippen LogP contribution in [0.1, 0.15) is 39.4 Å². The average Bonchev–Trinajstić information content (AvgIpc) is 2.88. The maximum absolute atomic E-state index is 4.48. The second kappa shape index (κ2) is 4.67. The highest BCUT2D eigenvalue weighted by Crippen LogP contribution is 2.22. The van der Waals surface area contributed by atoms with Crippen LogP contribution in [0, 0.1) is 0 Å². The Morgan fingerprint density at radius 3 is 2.62 bits per heavy atom. The summed E-state index contributed by atoms with van der Waals surface area (Å²) in [7, 11) is 0. The molecule has 0 aliphatic heterocycles. The quantitative estimate of drug-likeness (QED) is 0.773. The zero-order chi connectivity index (χ0) is 11.6. The fourth-order valence-electron chi connectivity index (χ4n) is 1.33. The van der Waals surface area contributed by atoms with Crippen LogP contribution in [0.15, 0.2) is 0 Å². The van der Waals surface area contributed by atoms with E-state index < -0.39 is 0 Å². The molecule has 1 aliphatic carbocycles. The van der Waals surface area contributed by atoms with Crippen LogP contribution in [0.4, 0.5) is 5.13 Å². The lowest BCUT2D eigenvalue weighted by Gasteiger charge is -2.12. The molecule has 0 amide bonds. The summed E-state index contributed by atoms with van der Waals surface area (Å²) in [6, 6.07) is 0.779. The minimum atomic E-state index is 0.0443. The average molecular weight is 240 g/mol.